The summed E-state index contributed by atoms with van der Waals surface area (Å²) < 4.78 is 0.976. The van der Waals surface area contributed by atoms with E-state index in [2.05, 4.69) is 41.1 Å². The van der Waals surface area contributed by atoms with Crippen LogP contribution in [-0.2, 0) is 0 Å². The molecule has 0 aromatic heterocycles. The summed E-state index contributed by atoms with van der Waals surface area (Å²) in [5.41, 5.74) is 1.84. The summed E-state index contributed by atoms with van der Waals surface area (Å²) in [7, 11) is 2.10. The Morgan fingerprint density at radius 1 is 1.53 bits per heavy atom. The lowest BCUT2D eigenvalue weighted by atomic mass is 10.1. The van der Waals surface area contributed by atoms with Crippen molar-refractivity contribution < 1.29 is 4.79 Å². The summed E-state index contributed by atoms with van der Waals surface area (Å²) >= 11 is 5.39. The third kappa shape index (κ3) is 3.75. The molecule has 0 aliphatic carbocycles. The molecule has 0 saturated heterocycles. The molecule has 0 aliphatic heterocycles. The van der Waals surface area contributed by atoms with E-state index in [4.69, 9.17) is 0 Å². The van der Waals surface area contributed by atoms with Gasteiger partial charge in [0, 0.05) is 28.9 Å². The molecule has 1 unspecified atom stereocenters. The van der Waals surface area contributed by atoms with E-state index >= 15 is 0 Å². The SMILES string of the molecule is CCC(CSC)N(C)c1ccc(C=O)cc1Br. The highest BCUT2D eigenvalue weighted by molar-refractivity contribution is 9.10. The maximum absolute atomic E-state index is 10.7. The fourth-order valence-electron chi connectivity index (χ4n) is 1.78. The van der Waals surface area contributed by atoms with Crippen LogP contribution in [-0.4, -0.2) is 31.4 Å². The molecular formula is C13H18BrNOS. The van der Waals surface area contributed by atoms with Crippen molar-refractivity contribution in [2.75, 3.05) is 24.0 Å². The largest absolute Gasteiger partial charge is 0.370 e. The number of carbonyl (C=O) groups excluding carboxylic acids is 1. The first-order chi connectivity index (χ1) is 8.13. The smallest absolute Gasteiger partial charge is 0.150 e. The third-order valence-electron chi connectivity index (χ3n) is 2.87. The average molecular weight is 316 g/mol. The molecule has 1 atom stereocenters. The van der Waals surface area contributed by atoms with Crippen molar-refractivity contribution >= 4 is 39.7 Å². The summed E-state index contributed by atoms with van der Waals surface area (Å²) in [5, 5.41) is 0. The highest BCUT2D eigenvalue weighted by atomic mass is 79.9. The molecule has 4 heteroatoms. The molecule has 2 nitrogen and oxygen atoms in total. The van der Waals surface area contributed by atoms with E-state index in [9.17, 15) is 4.79 Å². The summed E-state index contributed by atoms with van der Waals surface area (Å²) in [5.74, 6) is 1.11. The summed E-state index contributed by atoms with van der Waals surface area (Å²) in [6.45, 7) is 2.20. The van der Waals surface area contributed by atoms with Gasteiger partial charge in [0.25, 0.3) is 0 Å². The fraction of sp³-hybridized carbons (Fsp3) is 0.462. The number of hydrogen-bond acceptors (Lipinski definition) is 3. The zero-order valence-electron chi connectivity index (χ0n) is 10.4. The van der Waals surface area contributed by atoms with Crippen LogP contribution < -0.4 is 4.90 Å². The number of nitrogens with zero attached hydrogens (tertiary/aromatic N) is 1. The quantitative estimate of drug-likeness (QED) is 0.744. The second-order valence-corrected chi connectivity index (χ2v) is 5.72. The standard InChI is InChI=1S/C13H18BrNOS/c1-4-11(9-17-3)15(2)13-6-5-10(8-16)7-12(13)14/h5-8,11H,4,9H2,1-3H3. The molecule has 17 heavy (non-hydrogen) atoms. The Morgan fingerprint density at radius 2 is 2.24 bits per heavy atom. The number of benzene rings is 1. The van der Waals surface area contributed by atoms with Crippen molar-refractivity contribution in [2.45, 2.75) is 19.4 Å². The lowest BCUT2D eigenvalue weighted by Crippen LogP contribution is -2.33. The molecule has 94 valence electrons. The molecule has 0 heterocycles. The monoisotopic (exact) mass is 315 g/mol. The van der Waals surface area contributed by atoms with Crippen LogP contribution in [0, 0.1) is 0 Å². The first-order valence-electron chi connectivity index (χ1n) is 5.60. The van der Waals surface area contributed by atoms with Crippen LogP contribution in [0.1, 0.15) is 23.7 Å². The Balaban J connectivity index is 2.94. The highest BCUT2D eigenvalue weighted by Gasteiger charge is 2.15. The summed E-state index contributed by atoms with van der Waals surface area (Å²) in [4.78, 5) is 13.0. The van der Waals surface area contributed by atoms with Gasteiger partial charge in [-0.3, -0.25) is 4.79 Å². The lowest BCUT2D eigenvalue weighted by Gasteiger charge is -2.29. The van der Waals surface area contributed by atoms with Gasteiger partial charge >= 0.3 is 0 Å². The van der Waals surface area contributed by atoms with Crippen molar-refractivity contribution in [1.29, 1.82) is 0 Å². The van der Waals surface area contributed by atoms with Crippen LogP contribution in [0.5, 0.6) is 0 Å². The molecule has 0 amide bonds. The van der Waals surface area contributed by atoms with Crippen LogP contribution in [0.25, 0.3) is 0 Å². The molecule has 0 N–H and O–H groups in total. The van der Waals surface area contributed by atoms with Crippen molar-refractivity contribution in [1.82, 2.24) is 0 Å². The average Bonchev–Trinajstić information content (AvgIpc) is 2.35. The van der Waals surface area contributed by atoms with E-state index < -0.39 is 0 Å². The van der Waals surface area contributed by atoms with Crippen LogP contribution in [0.3, 0.4) is 0 Å². The highest BCUT2D eigenvalue weighted by Crippen LogP contribution is 2.28. The molecule has 0 aliphatic rings. The summed E-state index contributed by atoms with van der Waals surface area (Å²) in [6.07, 6.45) is 4.11. The van der Waals surface area contributed by atoms with Gasteiger partial charge in [0.1, 0.15) is 6.29 Å². The van der Waals surface area contributed by atoms with Gasteiger partial charge in [-0.1, -0.05) is 6.92 Å². The van der Waals surface area contributed by atoms with Crippen LogP contribution in [0.2, 0.25) is 0 Å². The summed E-state index contributed by atoms with van der Waals surface area (Å²) in [6, 6.07) is 6.24. The Morgan fingerprint density at radius 3 is 2.71 bits per heavy atom. The number of aldehydes is 1. The van der Waals surface area contributed by atoms with E-state index in [-0.39, 0.29) is 0 Å². The van der Waals surface area contributed by atoms with Gasteiger partial charge in [0.15, 0.2) is 0 Å². The van der Waals surface area contributed by atoms with Crippen molar-refractivity contribution in [2.24, 2.45) is 0 Å². The Labute approximate surface area is 116 Å². The van der Waals surface area contributed by atoms with E-state index in [1.165, 1.54) is 0 Å². The molecule has 0 bridgehead atoms. The van der Waals surface area contributed by atoms with E-state index in [0.29, 0.717) is 11.6 Å². The maximum Gasteiger partial charge on any atom is 0.150 e. The Bertz CT molecular complexity index is 384. The van der Waals surface area contributed by atoms with Gasteiger partial charge in [-0.05, 0) is 46.8 Å². The van der Waals surface area contributed by atoms with E-state index in [1.807, 2.05) is 30.0 Å². The van der Waals surface area contributed by atoms with Gasteiger partial charge in [0.2, 0.25) is 0 Å². The van der Waals surface area contributed by atoms with Gasteiger partial charge in [-0.2, -0.15) is 11.8 Å². The van der Waals surface area contributed by atoms with Gasteiger partial charge in [-0.25, -0.2) is 0 Å². The van der Waals surface area contributed by atoms with Crippen molar-refractivity contribution in [3.63, 3.8) is 0 Å². The Kier molecular flexibility index (Phi) is 6.06. The molecule has 1 rings (SSSR count). The second-order valence-electron chi connectivity index (χ2n) is 3.96. The number of thioether (sulfide) groups is 1. The normalized spacial score (nSPS) is 12.2. The molecule has 0 spiro atoms. The second kappa shape index (κ2) is 7.07. The fourth-order valence-corrected chi connectivity index (χ4v) is 3.30. The predicted molar refractivity (Wildman–Crippen MR) is 80.4 cm³/mol. The molecular weight excluding hydrogens is 298 g/mol. The van der Waals surface area contributed by atoms with Crippen LogP contribution in [0.15, 0.2) is 22.7 Å². The van der Waals surface area contributed by atoms with Crippen molar-refractivity contribution in [3.8, 4) is 0 Å². The number of anilines is 1. The first-order valence-corrected chi connectivity index (χ1v) is 7.79. The maximum atomic E-state index is 10.7. The molecule has 1 aromatic rings. The van der Waals surface area contributed by atoms with E-state index in [0.717, 1.165) is 28.6 Å². The van der Waals surface area contributed by atoms with Crippen molar-refractivity contribution in [3.05, 3.63) is 28.2 Å². The minimum Gasteiger partial charge on any atom is -0.370 e. The number of carbonyl (C=O) groups is 1. The zero-order valence-corrected chi connectivity index (χ0v) is 12.8. The lowest BCUT2D eigenvalue weighted by molar-refractivity contribution is 0.112. The van der Waals surface area contributed by atoms with E-state index in [1.54, 1.807) is 0 Å². The minimum atomic E-state index is 0.517. The van der Waals surface area contributed by atoms with Crippen LogP contribution in [0.4, 0.5) is 5.69 Å². The topological polar surface area (TPSA) is 20.3 Å². The Hall–Kier alpha value is -0.480. The van der Waals surface area contributed by atoms with Gasteiger partial charge < -0.3 is 4.90 Å². The molecule has 0 radical (unpaired) electrons. The zero-order chi connectivity index (χ0) is 12.8. The molecule has 0 saturated carbocycles. The number of halogens is 1. The van der Waals surface area contributed by atoms with Gasteiger partial charge in [-0.15, -0.1) is 0 Å². The number of rotatable bonds is 6. The van der Waals surface area contributed by atoms with Gasteiger partial charge in [0.05, 0.1) is 5.69 Å². The minimum absolute atomic E-state index is 0.517. The predicted octanol–water partition coefficient (Wildman–Crippen LogP) is 3.84. The third-order valence-corrected chi connectivity index (χ3v) is 4.22. The number of hydrogen-bond donors (Lipinski definition) is 0. The molecule has 0 fully saturated rings. The molecule has 1 aromatic carbocycles. The first kappa shape index (κ1) is 14.6. The van der Waals surface area contributed by atoms with Crippen LogP contribution >= 0.6 is 27.7 Å².